The van der Waals surface area contributed by atoms with E-state index in [0.717, 1.165) is 32.2 Å². The number of carbonyl (C=O) groups is 1. The molecule has 2 aliphatic rings. The molecule has 0 bridgehead atoms. The van der Waals surface area contributed by atoms with E-state index in [9.17, 15) is 4.79 Å². The van der Waals surface area contributed by atoms with Crippen LogP contribution in [0, 0.1) is 0 Å². The van der Waals surface area contributed by atoms with Crippen molar-refractivity contribution in [2.75, 3.05) is 12.3 Å². The Kier molecular flexibility index (Phi) is 6.02. The molecule has 2 rings (SSSR count). The summed E-state index contributed by atoms with van der Waals surface area (Å²) >= 11 is 2.05. The number of nitrogens with one attached hydrogen (secondary N) is 1. The highest BCUT2D eigenvalue weighted by Gasteiger charge is 2.38. The number of rotatable bonds is 7. The molecule has 0 radical (unpaired) electrons. The van der Waals surface area contributed by atoms with Crippen LogP contribution in [0.2, 0.25) is 0 Å². The van der Waals surface area contributed by atoms with Gasteiger partial charge in [-0.05, 0) is 31.4 Å². The molecule has 4 heteroatoms. The molecule has 0 aliphatic carbocycles. The Morgan fingerprint density at radius 3 is 2.79 bits per heavy atom. The molecule has 3 unspecified atom stereocenters. The van der Waals surface area contributed by atoms with Gasteiger partial charge in [-0.1, -0.05) is 33.1 Å². The minimum absolute atomic E-state index is 0.0860. The number of unbranched alkanes of at least 4 members (excludes halogenated alkanes) is 1. The van der Waals surface area contributed by atoms with Gasteiger partial charge in [0.25, 0.3) is 0 Å². The smallest absolute Gasteiger partial charge is 0.241 e. The van der Waals surface area contributed by atoms with Gasteiger partial charge in [0.2, 0.25) is 5.91 Å². The van der Waals surface area contributed by atoms with E-state index in [0.29, 0.717) is 17.3 Å². The summed E-state index contributed by atoms with van der Waals surface area (Å²) in [6.45, 7) is 5.35. The molecule has 2 saturated heterocycles. The first-order valence-corrected chi connectivity index (χ1v) is 8.99. The van der Waals surface area contributed by atoms with E-state index in [1.807, 2.05) is 11.8 Å². The van der Waals surface area contributed by atoms with Crippen molar-refractivity contribution in [1.29, 1.82) is 0 Å². The standard InChI is InChI=1S/C15H28N2OS/c1-3-5-9-13-15(18)17(14(16-13)7-4-2)11-12-8-6-10-19-12/h12-14,16H,3-11H2,1-2H3. The third kappa shape index (κ3) is 3.88. The molecule has 2 fully saturated rings. The number of thioether (sulfide) groups is 1. The van der Waals surface area contributed by atoms with Crippen molar-refractivity contribution in [2.45, 2.75) is 76.3 Å². The molecule has 0 aromatic rings. The van der Waals surface area contributed by atoms with Crippen LogP contribution in [0.5, 0.6) is 0 Å². The van der Waals surface area contributed by atoms with Gasteiger partial charge in [-0.15, -0.1) is 0 Å². The van der Waals surface area contributed by atoms with Crippen LogP contribution < -0.4 is 5.32 Å². The lowest BCUT2D eigenvalue weighted by Crippen LogP contribution is -2.40. The summed E-state index contributed by atoms with van der Waals surface area (Å²) in [5.41, 5.74) is 0. The first kappa shape index (κ1) is 15.2. The summed E-state index contributed by atoms with van der Waals surface area (Å²) in [7, 11) is 0. The molecule has 1 N–H and O–H groups in total. The minimum atomic E-state index is 0.0860. The average Bonchev–Trinajstić information content (AvgIpc) is 3.00. The zero-order valence-electron chi connectivity index (χ0n) is 12.4. The van der Waals surface area contributed by atoms with E-state index in [-0.39, 0.29) is 6.04 Å². The van der Waals surface area contributed by atoms with Crippen LogP contribution >= 0.6 is 11.8 Å². The summed E-state index contributed by atoms with van der Waals surface area (Å²) in [5.74, 6) is 1.64. The lowest BCUT2D eigenvalue weighted by molar-refractivity contribution is -0.130. The largest absolute Gasteiger partial charge is 0.325 e. The van der Waals surface area contributed by atoms with E-state index in [4.69, 9.17) is 0 Å². The van der Waals surface area contributed by atoms with Gasteiger partial charge in [-0.3, -0.25) is 10.1 Å². The Morgan fingerprint density at radius 1 is 1.32 bits per heavy atom. The van der Waals surface area contributed by atoms with Crippen molar-refractivity contribution in [3.8, 4) is 0 Å². The Hall–Kier alpha value is -0.220. The number of hydrogen-bond acceptors (Lipinski definition) is 3. The first-order chi connectivity index (χ1) is 9.26. The summed E-state index contributed by atoms with van der Waals surface area (Å²) in [6, 6.07) is 0.0860. The van der Waals surface area contributed by atoms with Crippen LogP contribution in [-0.4, -0.2) is 40.6 Å². The maximum absolute atomic E-state index is 12.5. The van der Waals surface area contributed by atoms with E-state index >= 15 is 0 Å². The van der Waals surface area contributed by atoms with Crippen LogP contribution in [0.4, 0.5) is 0 Å². The van der Waals surface area contributed by atoms with Gasteiger partial charge < -0.3 is 4.90 Å². The van der Waals surface area contributed by atoms with Crippen LogP contribution in [0.3, 0.4) is 0 Å². The molecule has 2 aliphatic heterocycles. The van der Waals surface area contributed by atoms with E-state index in [1.165, 1.54) is 25.0 Å². The summed E-state index contributed by atoms with van der Waals surface area (Å²) in [6.07, 6.45) is 8.45. The van der Waals surface area contributed by atoms with E-state index in [1.54, 1.807) is 0 Å². The number of nitrogens with zero attached hydrogens (tertiary/aromatic N) is 1. The van der Waals surface area contributed by atoms with Crippen molar-refractivity contribution < 1.29 is 4.79 Å². The molecule has 2 heterocycles. The number of carbonyl (C=O) groups excluding carboxylic acids is 1. The van der Waals surface area contributed by atoms with Gasteiger partial charge in [0, 0.05) is 11.8 Å². The molecule has 19 heavy (non-hydrogen) atoms. The fourth-order valence-electron chi connectivity index (χ4n) is 3.10. The molecule has 3 nitrogen and oxygen atoms in total. The predicted octanol–water partition coefficient (Wildman–Crippen LogP) is 3.00. The topological polar surface area (TPSA) is 32.3 Å². The molecule has 0 saturated carbocycles. The number of hydrogen-bond donors (Lipinski definition) is 1. The Bertz CT molecular complexity index is 292. The Labute approximate surface area is 121 Å². The third-order valence-electron chi connectivity index (χ3n) is 4.18. The van der Waals surface area contributed by atoms with Gasteiger partial charge in [0.1, 0.15) is 0 Å². The monoisotopic (exact) mass is 284 g/mol. The molecule has 0 aromatic carbocycles. The van der Waals surface area contributed by atoms with Crippen molar-refractivity contribution in [2.24, 2.45) is 0 Å². The Balaban J connectivity index is 1.93. The van der Waals surface area contributed by atoms with Crippen molar-refractivity contribution in [3.05, 3.63) is 0 Å². The number of amides is 1. The molecular formula is C15H28N2OS. The SMILES string of the molecule is CCCCC1NC(CCC)N(CC2CCCS2)C1=O. The normalized spacial score (nSPS) is 31.4. The van der Waals surface area contributed by atoms with Gasteiger partial charge in [-0.25, -0.2) is 0 Å². The fourth-order valence-corrected chi connectivity index (χ4v) is 4.37. The average molecular weight is 284 g/mol. The van der Waals surface area contributed by atoms with E-state index < -0.39 is 0 Å². The highest BCUT2D eigenvalue weighted by Crippen LogP contribution is 2.29. The van der Waals surface area contributed by atoms with Gasteiger partial charge >= 0.3 is 0 Å². The van der Waals surface area contributed by atoms with Crippen molar-refractivity contribution in [3.63, 3.8) is 0 Å². The molecular weight excluding hydrogens is 256 g/mol. The molecule has 0 aromatic heterocycles. The Morgan fingerprint density at radius 2 is 2.16 bits per heavy atom. The summed E-state index contributed by atoms with van der Waals surface area (Å²) in [4.78, 5) is 14.7. The van der Waals surface area contributed by atoms with Gasteiger partial charge in [0.15, 0.2) is 0 Å². The van der Waals surface area contributed by atoms with Crippen molar-refractivity contribution in [1.82, 2.24) is 10.2 Å². The second kappa shape index (κ2) is 7.53. The highest BCUT2D eigenvalue weighted by atomic mass is 32.2. The van der Waals surface area contributed by atoms with E-state index in [2.05, 4.69) is 24.1 Å². The maximum atomic E-state index is 12.5. The first-order valence-electron chi connectivity index (χ1n) is 7.94. The predicted molar refractivity (Wildman–Crippen MR) is 82.3 cm³/mol. The molecule has 0 spiro atoms. The lowest BCUT2D eigenvalue weighted by atomic mass is 10.1. The minimum Gasteiger partial charge on any atom is -0.325 e. The lowest BCUT2D eigenvalue weighted by Gasteiger charge is -2.26. The molecule has 110 valence electrons. The van der Waals surface area contributed by atoms with Crippen LogP contribution in [-0.2, 0) is 4.79 Å². The van der Waals surface area contributed by atoms with Gasteiger partial charge in [0.05, 0.1) is 12.2 Å². The van der Waals surface area contributed by atoms with Crippen molar-refractivity contribution >= 4 is 17.7 Å². The second-order valence-electron chi connectivity index (χ2n) is 5.79. The quantitative estimate of drug-likeness (QED) is 0.780. The molecule has 3 atom stereocenters. The summed E-state index contributed by atoms with van der Waals surface area (Å²) in [5, 5.41) is 4.24. The van der Waals surface area contributed by atoms with Crippen LogP contribution in [0.15, 0.2) is 0 Å². The highest BCUT2D eigenvalue weighted by molar-refractivity contribution is 8.00. The third-order valence-corrected chi connectivity index (χ3v) is 5.56. The zero-order valence-corrected chi connectivity index (χ0v) is 13.2. The van der Waals surface area contributed by atoms with Crippen LogP contribution in [0.25, 0.3) is 0 Å². The molecule has 1 amide bonds. The maximum Gasteiger partial charge on any atom is 0.241 e. The fraction of sp³-hybridized carbons (Fsp3) is 0.933. The van der Waals surface area contributed by atoms with Crippen LogP contribution in [0.1, 0.15) is 58.8 Å². The zero-order chi connectivity index (χ0) is 13.7. The second-order valence-corrected chi connectivity index (χ2v) is 7.20. The summed E-state index contributed by atoms with van der Waals surface area (Å²) < 4.78 is 0. The van der Waals surface area contributed by atoms with Gasteiger partial charge in [-0.2, -0.15) is 11.8 Å².